The Balaban J connectivity index is 1.63. The summed E-state index contributed by atoms with van der Waals surface area (Å²) in [5.74, 6) is -1.10. The summed E-state index contributed by atoms with van der Waals surface area (Å²) in [5, 5.41) is 9.14. The molecule has 3 amide bonds. The van der Waals surface area contributed by atoms with E-state index in [4.69, 9.17) is 0 Å². The Hall–Kier alpha value is -4.71. The summed E-state index contributed by atoms with van der Waals surface area (Å²) >= 11 is 0. The number of rotatable bonds is 9. The minimum atomic E-state index is -0.367. The molecule has 0 heterocycles. The lowest BCUT2D eigenvalue weighted by atomic mass is 9.99. The van der Waals surface area contributed by atoms with E-state index < -0.39 is 0 Å². The number of hydrogen-bond donors (Lipinski definition) is 3. The Morgan fingerprint density at radius 3 is 0.867 bits per heavy atom. The Morgan fingerprint density at radius 2 is 0.644 bits per heavy atom. The van der Waals surface area contributed by atoms with Crippen molar-refractivity contribution in [2.24, 2.45) is 0 Å². The Bertz CT molecular complexity index is 1540. The van der Waals surface area contributed by atoms with Gasteiger partial charge in [0.05, 0.1) is 18.1 Å². The van der Waals surface area contributed by atoms with E-state index in [0.29, 0.717) is 0 Å². The molecule has 0 fully saturated rings. The van der Waals surface area contributed by atoms with E-state index >= 15 is 0 Å². The Kier molecular flexibility index (Phi) is 10.3. The molecule has 6 heteroatoms. The van der Waals surface area contributed by atoms with Crippen molar-refractivity contribution in [1.29, 1.82) is 0 Å². The summed E-state index contributed by atoms with van der Waals surface area (Å²) in [6.07, 6.45) is 0. The Morgan fingerprint density at radius 1 is 0.400 bits per heavy atom. The fourth-order valence-electron chi connectivity index (χ4n) is 5.21. The molecule has 0 saturated heterocycles. The van der Waals surface area contributed by atoms with E-state index in [1.165, 1.54) is 16.7 Å². The van der Waals surface area contributed by atoms with Crippen molar-refractivity contribution in [3.05, 3.63) is 140 Å². The monoisotopic (exact) mass is 603 g/mol. The maximum absolute atomic E-state index is 13.6. The zero-order valence-electron chi connectivity index (χ0n) is 27.9. The standard InChI is InChI=1S/C39H45N3O3/c1-22-10-13-31(16-25(22)4)28(7)40-37(43)34-19-35(38(44)41-29(8)32-14-11-23(2)26(5)17-32)21-36(20-34)39(45)42-30(9)33-15-12-24(3)27(6)18-33/h10-21,28-30H,1-9H3,(H,40,43)(H,41,44)(H,42,45)/t28-,29-,30-/m0/s1. The first kappa shape index (κ1) is 33.2. The molecule has 6 nitrogen and oxygen atoms in total. The zero-order valence-corrected chi connectivity index (χ0v) is 27.9. The molecule has 0 saturated carbocycles. The third-order valence-electron chi connectivity index (χ3n) is 8.86. The molecule has 3 N–H and O–H groups in total. The van der Waals surface area contributed by atoms with Gasteiger partial charge in [-0.2, -0.15) is 0 Å². The first-order chi connectivity index (χ1) is 21.2. The van der Waals surface area contributed by atoms with Crippen LogP contribution in [0.5, 0.6) is 0 Å². The highest BCUT2D eigenvalue weighted by Crippen LogP contribution is 2.22. The molecule has 0 spiro atoms. The number of nitrogens with one attached hydrogen (secondary N) is 3. The minimum absolute atomic E-state index is 0.237. The number of hydrogen-bond acceptors (Lipinski definition) is 3. The summed E-state index contributed by atoms with van der Waals surface area (Å²) in [6.45, 7) is 18.0. The van der Waals surface area contributed by atoms with E-state index in [0.717, 1.165) is 33.4 Å². The molecule has 234 valence electrons. The first-order valence-electron chi connectivity index (χ1n) is 15.5. The molecule has 0 aliphatic heterocycles. The number of amides is 3. The van der Waals surface area contributed by atoms with E-state index in [-0.39, 0.29) is 52.5 Å². The molecule has 4 rings (SSSR count). The van der Waals surface area contributed by atoms with Gasteiger partial charge < -0.3 is 16.0 Å². The van der Waals surface area contributed by atoms with Crippen LogP contribution in [0.25, 0.3) is 0 Å². The van der Waals surface area contributed by atoms with E-state index in [9.17, 15) is 14.4 Å². The number of carbonyl (C=O) groups excluding carboxylic acids is 3. The number of benzene rings is 4. The van der Waals surface area contributed by atoms with Crippen molar-refractivity contribution in [1.82, 2.24) is 16.0 Å². The molecule has 0 unspecified atom stereocenters. The molecule has 0 aliphatic carbocycles. The molecular weight excluding hydrogens is 558 g/mol. The molecule has 0 aromatic heterocycles. The first-order valence-corrected chi connectivity index (χ1v) is 15.5. The lowest BCUT2D eigenvalue weighted by Crippen LogP contribution is -2.31. The van der Waals surface area contributed by atoms with Gasteiger partial charge in [0.15, 0.2) is 0 Å². The molecule has 0 bridgehead atoms. The van der Waals surface area contributed by atoms with Gasteiger partial charge in [0.2, 0.25) is 0 Å². The van der Waals surface area contributed by atoms with Crippen LogP contribution in [0.1, 0.15) is 120 Å². The average molecular weight is 604 g/mol. The van der Waals surface area contributed by atoms with Crippen LogP contribution in [0.4, 0.5) is 0 Å². The second-order valence-corrected chi connectivity index (χ2v) is 12.4. The van der Waals surface area contributed by atoms with Gasteiger partial charge >= 0.3 is 0 Å². The van der Waals surface area contributed by atoms with Gasteiger partial charge in [0.25, 0.3) is 17.7 Å². The predicted octanol–water partition coefficient (Wildman–Crippen LogP) is 8.01. The summed E-state index contributed by atoms with van der Waals surface area (Å²) in [6, 6.07) is 22.1. The van der Waals surface area contributed by atoms with Gasteiger partial charge in [-0.3, -0.25) is 14.4 Å². The van der Waals surface area contributed by atoms with Gasteiger partial charge in [0, 0.05) is 16.7 Å². The normalized spacial score (nSPS) is 13.0. The fraction of sp³-hybridized carbons (Fsp3) is 0.308. The van der Waals surface area contributed by atoms with Crippen molar-refractivity contribution >= 4 is 17.7 Å². The van der Waals surface area contributed by atoms with Gasteiger partial charge in [-0.25, -0.2) is 0 Å². The molecule has 4 aromatic rings. The van der Waals surface area contributed by atoms with E-state index in [2.05, 4.69) is 34.1 Å². The van der Waals surface area contributed by atoms with E-state index in [1.807, 2.05) is 98.7 Å². The second kappa shape index (κ2) is 13.9. The van der Waals surface area contributed by atoms with Crippen LogP contribution < -0.4 is 16.0 Å². The topological polar surface area (TPSA) is 87.3 Å². The molecular formula is C39H45N3O3. The highest BCUT2D eigenvalue weighted by Gasteiger charge is 2.21. The van der Waals surface area contributed by atoms with Crippen LogP contribution in [0.2, 0.25) is 0 Å². The van der Waals surface area contributed by atoms with Crippen LogP contribution in [0, 0.1) is 41.5 Å². The maximum Gasteiger partial charge on any atom is 0.251 e. The zero-order chi connectivity index (χ0) is 33.0. The predicted molar refractivity (Wildman–Crippen MR) is 182 cm³/mol. The van der Waals surface area contributed by atoms with Crippen molar-refractivity contribution in [3.63, 3.8) is 0 Å². The lowest BCUT2D eigenvalue weighted by Gasteiger charge is -2.19. The summed E-state index contributed by atoms with van der Waals surface area (Å²) in [7, 11) is 0. The van der Waals surface area contributed by atoms with Gasteiger partial charge in [-0.1, -0.05) is 54.6 Å². The molecule has 3 atom stereocenters. The summed E-state index contributed by atoms with van der Waals surface area (Å²) in [4.78, 5) is 40.7. The quantitative estimate of drug-likeness (QED) is 0.181. The van der Waals surface area contributed by atoms with Gasteiger partial charge in [-0.15, -0.1) is 0 Å². The van der Waals surface area contributed by atoms with Gasteiger partial charge in [0.1, 0.15) is 0 Å². The molecule has 45 heavy (non-hydrogen) atoms. The van der Waals surface area contributed by atoms with Crippen molar-refractivity contribution in [3.8, 4) is 0 Å². The average Bonchev–Trinajstić information content (AvgIpc) is 3.00. The number of aryl methyl sites for hydroxylation is 6. The van der Waals surface area contributed by atoms with Crippen LogP contribution in [-0.2, 0) is 0 Å². The summed E-state index contributed by atoms with van der Waals surface area (Å²) < 4.78 is 0. The molecule has 0 radical (unpaired) electrons. The summed E-state index contributed by atoms with van der Waals surface area (Å²) in [5.41, 5.74) is 10.6. The fourth-order valence-corrected chi connectivity index (χ4v) is 5.21. The molecule has 0 aliphatic rings. The van der Waals surface area contributed by atoms with Crippen LogP contribution in [0.3, 0.4) is 0 Å². The third kappa shape index (κ3) is 8.07. The molecule has 4 aromatic carbocycles. The number of carbonyl (C=O) groups is 3. The van der Waals surface area contributed by atoms with Crippen molar-refractivity contribution in [2.75, 3.05) is 0 Å². The third-order valence-corrected chi connectivity index (χ3v) is 8.86. The Labute approximate surface area is 267 Å². The van der Waals surface area contributed by atoms with Crippen LogP contribution in [0.15, 0.2) is 72.8 Å². The van der Waals surface area contributed by atoms with Crippen LogP contribution >= 0.6 is 0 Å². The van der Waals surface area contributed by atoms with E-state index in [1.54, 1.807) is 18.2 Å². The van der Waals surface area contributed by atoms with Crippen molar-refractivity contribution in [2.45, 2.75) is 80.4 Å². The van der Waals surface area contributed by atoms with Crippen molar-refractivity contribution < 1.29 is 14.4 Å². The largest absolute Gasteiger partial charge is 0.346 e. The lowest BCUT2D eigenvalue weighted by molar-refractivity contribution is 0.0939. The second-order valence-electron chi connectivity index (χ2n) is 12.4. The maximum atomic E-state index is 13.6. The highest BCUT2D eigenvalue weighted by atomic mass is 16.2. The van der Waals surface area contributed by atoms with Crippen LogP contribution in [-0.4, -0.2) is 17.7 Å². The highest BCUT2D eigenvalue weighted by molar-refractivity contribution is 6.04. The smallest absolute Gasteiger partial charge is 0.251 e. The SMILES string of the molecule is Cc1ccc([C@H](C)NC(=O)c2cc(C(=O)N[C@@H](C)c3ccc(C)c(C)c3)cc(C(=O)N[C@@H](C)c3ccc(C)c(C)c3)c2)cc1C. The minimum Gasteiger partial charge on any atom is -0.346 e. The van der Waals surface area contributed by atoms with Gasteiger partial charge in [-0.05, 0) is 131 Å².